The highest BCUT2D eigenvalue weighted by molar-refractivity contribution is 6.31. The Hall–Kier alpha value is -1.06. The molecule has 0 unspecified atom stereocenters. The topological polar surface area (TPSA) is 29.5 Å². The van der Waals surface area contributed by atoms with Crippen LogP contribution in [-0.4, -0.2) is 37.1 Å². The molecule has 1 heterocycles. The Morgan fingerprint density at radius 2 is 2.13 bits per heavy atom. The zero-order chi connectivity index (χ0) is 16.3. The molecule has 0 radical (unpaired) electrons. The number of benzene rings is 1. The third-order valence-corrected chi connectivity index (χ3v) is 6.00. The van der Waals surface area contributed by atoms with Gasteiger partial charge in [-0.2, -0.15) is 0 Å². The standard InChI is InChI=1S/C19H26ClNO2/c1-23-17-8-4-11-19(17)12-5-13-21(14-19)18(22)10-9-15-6-2-3-7-16(15)20/h2-3,6-7,17H,4-5,8-14H2,1H3/t17-,19+/m1/s1. The molecule has 126 valence electrons. The van der Waals surface area contributed by atoms with Gasteiger partial charge in [-0.05, 0) is 43.7 Å². The number of carbonyl (C=O) groups excluding carboxylic acids is 1. The molecule has 3 nitrogen and oxygen atoms in total. The van der Waals surface area contributed by atoms with Crippen molar-refractivity contribution >= 4 is 17.5 Å². The maximum Gasteiger partial charge on any atom is 0.222 e. The number of ether oxygens (including phenoxy) is 1. The molecule has 1 amide bonds. The number of amides is 1. The lowest BCUT2D eigenvalue weighted by atomic mass is 9.76. The Morgan fingerprint density at radius 1 is 1.35 bits per heavy atom. The average Bonchev–Trinajstić information content (AvgIpc) is 2.95. The number of halogens is 1. The Morgan fingerprint density at radius 3 is 2.91 bits per heavy atom. The summed E-state index contributed by atoms with van der Waals surface area (Å²) < 4.78 is 5.72. The molecule has 0 bridgehead atoms. The van der Waals surface area contributed by atoms with Gasteiger partial charge in [-0.15, -0.1) is 0 Å². The van der Waals surface area contributed by atoms with Gasteiger partial charge in [-0.25, -0.2) is 0 Å². The summed E-state index contributed by atoms with van der Waals surface area (Å²) in [6.45, 7) is 1.76. The molecule has 3 rings (SSSR count). The number of hydrogen-bond acceptors (Lipinski definition) is 2. The number of likely N-dealkylation sites (tertiary alicyclic amines) is 1. The van der Waals surface area contributed by atoms with Crippen molar-refractivity contribution in [1.29, 1.82) is 0 Å². The number of methoxy groups -OCH3 is 1. The lowest BCUT2D eigenvalue weighted by Crippen LogP contribution is -2.49. The maximum absolute atomic E-state index is 12.7. The summed E-state index contributed by atoms with van der Waals surface area (Å²) in [4.78, 5) is 14.7. The van der Waals surface area contributed by atoms with Gasteiger partial charge in [0.25, 0.3) is 0 Å². The molecule has 0 N–H and O–H groups in total. The molecule has 2 aliphatic rings. The monoisotopic (exact) mass is 335 g/mol. The van der Waals surface area contributed by atoms with Gasteiger partial charge in [0.05, 0.1) is 6.10 Å². The molecule has 1 aliphatic carbocycles. The van der Waals surface area contributed by atoms with Crippen molar-refractivity contribution in [1.82, 2.24) is 4.90 Å². The first kappa shape index (κ1) is 16.8. The molecule has 2 atom stereocenters. The molecule has 2 fully saturated rings. The first-order valence-electron chi connectivity index (χ1n) is 8.69. The molecule has 4 heteroatoms. The summed E-state index contributed by atoms with van der Waals surface area (Å²) in [5.74, 6) is 0.255. The van der Waals surface area contributed by atoms with Crippen LogP contribution in [0.3, 0.4) is 0 Å². The normalized spacial score (nSPS) is 27.6. The summed E-state index contributed by atoms with van der Waals surface area (Å²) >= 11 is 6.19. The van der Waals surface area contributed by atoms with Gasteiger partial charge < -0.3 is 9.64 Å². The van der Waals surface area contributed by atoms with E-state index in [-0.39, 0.29) is 11.3 Å². The molecule has 1 aliphatic heterocycles. The van der Waals surface area contributed by atoms with Crippen LogP contribution in [0.4, 0.5) is 0 Å². The third kappa shape index (κ3) is 3.56. The predicted molar refractivity (Wildman–Crippen MR) is 92.7 cm³/mol. The van der Waals surface area contributed by atoms with Gasteiger partial charge in [-0.1, -0.05) is 36.2 Å². The van der Waals surface area contributed by atoms with Crippen molar-refractivity contribution in [3.63, 3.8) is 0 Å². The second kappa shape index (κ2) is 7.23. The van der Waals surface area contributed by atoms with E-state index in [1.54, 1.807) is 0 Å². The molecule has 1 aromatic carbocycles. The van der Waals surface area contributed by atoms with E-state index >= 15 is 0 Å². The minimum absolute atomic E-state index is 0.201. The highest BCUT2D eigenvalue weighted by Gasteiger charge is 2.46. The predicted octanol–water partition coefficient (Wildman–Crippen LogP) is 4.08. The lowest BCUT2D eigenvalue weighted by Gasteiger charge is -2.43. The molecule has 1 saturated heterocycles. The van der Waals surface area contributed by atoms with E-state index in [0.29, 0.717) is 12.5 Å². The van der Waals surface area contributed by atoms with E-state index in [0.717, 1.165) is 42.9 Å². The van der Waals surface area contributed by atoms with Gasteiger partial charge >= 0.3 is 0 Å². The number of piperidine rings is 1. The Labute approximate surface area is 144 Å². The second-order valence-electron chi connectivity index (χ2n) is 6.99. The number of nitrogens with zero attached hydrogens (tertiary/aromatic N) is 1. The minimum atomic E-state index is 0.201. The summed E-state index contributed by atoms with van der Waals surface area (Å²) in [6, 6.07) is 7.79. The van der Waals surface area contributed by atoms with Crippen LogP contribution >= 0.6 is 11.6 Å². The molecule has 23 heavy (non-hydrogen) atoms. The maximum atomic E-state index is 12.7. The molecule has 0 aromatic heterocycles. The minimum Gasteiger partial charge on any atom is -0.381 e. The van der Waals surface area contributed by atoms with Crippen LogP contribution in [0.5, 0.6) is 0 Å². The third-order valence-electron chi connectivity index (χ3n) is 5.64. The van der Waals surface area contributed by atoms with E-state index in [9.17, 15) is 4.79 Å². The molecule has 1 aromatic rings. The summed E-state index contributed by atoms with van der Waals surface area (Å²) in [5.41, 5.74) is 1.26. The van der Waals surface area contributed by atoms with Crippen molar-refractivity contribution < 1.29 is 9.53 Å². The number of rotatable bonds is 4. The van der Waals surface area contributed by atoms with Crippen molar-refractivity contribution in [3.05, 3.63) is 34.9 Å². The Bertz CT molecular complexity index is 562. The van der Waals surface area contributed by atoms with Crippen LogP contribution in [0.2, 0.25) is 5.02 Å². The Balaban J connectivity index is 1.60. The van der Waals surface area contributed by atoms with Crippen molar-refractivity contribution in [2.24, 2.45) is 5.41 Å². The Kier molecular flexibility index (Phi) is 5.27. The van der Waals surface area contributed by atoms with Crippen LogP contribution < -0.4 is 0 Å². The van der Waals surface area contributed by atoms with E-state index in [4.69, 9.17) is 16.3 Å². The van der Waals surface area contributed by atoms with Gasteiger partial charge in [0.15, 0.2) is 0 Å². The zero-order valence-corrected chi connectivity index (χ0v) is 14.6. The summed E-state index contributed by atoms with van der Waals surface area (Å²) in [5, 5.41) is 0.755. The number of hydrogen-bond donors (Lipinski definition) is 0. The SMILES string of the molecule is CO[C@@H]1CCC[C@@]12CCCN(C(=O)CCc1ccccc1Cl)C2. The van der Waals surface area contributed by atoms with Crippen LogP contribution in [0.1, 0.15) is 44.1 Å². The largest absolute Gasteiger partial charge is 0.381 e. The van der Waals surface area contributed by atoms with Gasteiger partial charge in [0.1, 0.15) is 0 Å². The fraction of sp³-hybridized carbons (Fsp3) is 0.632. The highest BCUT2D eigenvalue weighted by atomic mass is 35.5. The van der Waals surface area contributed by atoms with E-state index in [1.165, 1.54) is 19.3 Å². The summed E-state index contributed by atoms with van der Waals surface area (Å²) in [6.07, 6.45) is 7.42. The molecular weight excluding hydrogens is 310 g/mol. The van der Waals surface area contributed by atoms with Crippen molar-refractivity contribution in [2.45, 2.75) is 51.0 Å². The average molecular weight is 336 g/mol. The van der Waals surface area contributed by atoms with E-state index < -0.39 is 0 Å². The van der Waals surface area contributed by atoms with Gasteiger partial charge in [-0.3, -0.25) is 4.79 Å². The van der Waals surface area contributed by atoms with Crippen LogP contribution in [0, 0.1) is 5.41 Å². The highest BCUT2D eigenvalue weighted by Crippen LogP contribution is 2.46. The second-order valence-corrected chi connectivity index (χ2v) is 7.40. The lowest BCUT2D eigenvalue weighted by molar-refractivity contribution is -0.137. The number of carbonyl (C=O) groups is 1. The van der Waals surface area contributed by atoms with E-state index in [2.05, 4.69) is 4.90 Å². The first-order valence-corrected chi connectivity index (χ1v) is 9.06. The summed E-state index contributed by atoms with van der Waals surface area (Å²) in [7, 11) is 1.82. The molecule has 1 spiro atoms. The van der Waals surface area contributed by atoms with Crippen molar-refractivity contribution in [2.75, 3.05) is 20.2 Å². The number of aryl methyl sites for hydroxylation is 1. The van der Waals surface area contributed by atoms with Crippen LogP contribution in [0.25, 0.3) is 0 Å². The molecular formula is C19H26ClNO2. The van der Waals surface area contributed by atoms with Crippen LogP contribution in [0.15, 0.2) is 24.3 Å². The smallest absolute Gasteiger partial charge is 0.222 e. The zero-order valence-electron chi connectivity index (χ0n) is 13.9. The van der Waals surface area contributed by atoms with Crippen molar-refractivity contribution in [3.8, 4) is 0 Å². The first-order chi connectivity index (χ1) is 11.1. The van der Waals surface area contributed by atoms with Crippen LogP contribution in [-0.2, 0) is 16.0 Å². The fourth-order valence-electron chi connectivity index (χ4n) is 4.42. The fourth-order valence-corrected chi connectivity index (χ4v) is 4.65. The van der Waals surface area contributed by atoms with E-state index in [1.807, 2.05) is 31.4 Å². The van der Waals surface area contributed by atoms with Gasteiger partial charge in [0.2, 0.25) is 5.91 Å². The molecule has 1 saturated carbocycles. The quantitative estimate of drug-likeness (QED) is 0.829. The van der Waals surface area contributed by atoms with Gasteiger partial charge in [0, 0.05) is 37.1 Å².